The molecule has 0 spiro atoms. The van der Waals surface area contributed by atoms with E-state index in [1.165, 1.54) is 0 Å². The van der Waals surface area contributed by atoms with Crippen LogP contribution in [0.2, 0.25) is 5.02 Å². The van der Waals surface area contributed by atoms with E-state index in [1.54, 1.807) is 17.9 Å². The third kappa shape index (κ3) is 6.63. The van der Waals surface area contributed by atoms with Crippen molar-refractivity contribution in [3.63, 3.8) is 0 Å². The summed E-state index contributed by atoms with van der Waals surface area (Å²) in [4.78, 5) is 27.6. The van der Waals surface area contributed by atoms with Crippen molar-refractivity contribution in [1.29, 1.82) is 0 Å². The van der Waals surface area contributed by atoms with Gasteiger partial charge in [-0.05, 0) is 54.7 Å². The lowest BCUT2D eigenvalue weighted by Crippen LogP contribution is -2.48. The van der Waals surface area contributed by atoms with E-state index in [0.717, 1.165) is 16.9 Å². The largest absolute Gasteiger partial charge is 0.486 e. The minimum atomic E-state index is -0.597. The Bertz CT molecular complexity index is 947. The fourth-order valence-corrected chi connectivity index (χ4v) is 3.72. The number of benzene rings is 2. The summed E-state index contributed by atoms with van der Waals surface area (Å²) in [5, 5.41) is 3.53. The second-order valence-electron chi connectivity index (χ2n) is 8.44. The van der Waals surface area contributed by atoms with Crippen LogP contribution in [-0.4, -0.2) is 42.5 Å². The Kier molecular flexibility index (Phi) is 8.39. The molecule has 0 bridgehead atoms. The van der Waals surface area contributed by atoms with Gasteiger partial charge in [0.25, 0.3) is 0 Å². The maximum Gasteiger partial charge on any atom is 0.242 e. The van der Waals surface area contributed by atoms with Crippen molar-refractivity contribution in [3.8, 4) is 11.5 Å². The zero-order valence-electron chi connectivity index (χ0n) is 18.9. The first kappa shape index (κ1) is 23.9. The van der Waals surface area contributed by atoms with Crippen LogP contribution in [-0.2, 0) is 22.6 Å². The summed E-state index contributed by atoms with van der Waals surface area (Å²) in [6.45, 7) is 7.78. The average Bonchev–Trinajstić information content (AvgIpc) is 2.78. The smallest absolute Gasteiger partial charge is 0.242 e. The van der Waals surface area contributed by atoms with Gasteiger partial charge in [-0.25, -0.2) is 0 Å². The SMILES string of the molecule is CC(C)CNC(=O)[C@H](C)N(Cc1cccc(Cl)c1)C(=O)CCc1ccc2c(c1)OCCO2. The molecule has 1 heterocycles. The Labute approximate surface area is 194 Å². The monoisotopic (exact) mass is 458 g/mol. The van der Waals surface area contributed by atoms with Crippen LogP contribution in [0.25, 0.3) is 0 Å². The van der Waals surface area contributed by atoms with Crippen molar-refractivity contribution < 1.29 is 19.1 Å². The quantitative estimate of drug-likeness (QED) is 0.610. The van der Waals surface area contributed by atoms with Crippen LogP contribution in [0.3, 0.4) is 0 Å². The number of rotatable bonds is 9. The third-order valence-electron chi connectivity index (χ3n) is 5.33. The summed E-state index contributed by atoms with van der Waals surface area (Å²) >= 11 is 6.13. The normalized spacial score (nSPS) is 13.5. The molecule has 0 saturated carbocycles. The highest BCUT2D eigenvalue weighted by molar-refractivity contribution is 6.30. The molecule has 0 radical (unpaired) electrons. The van der Waals surface area contributed by atoms with Crippen molar-refractivity contribution in [2.45, 2.75) is 46.2 Å². The molecule has 0 unspecified atom stereocenters. The predicted octanol–water partition coefficient (Wildman–Crippen LogP) is 4.23. The molecule has 0 aliphatic carbocycles. The number of nitrogens with zero attached hydrogens (tertiary/aromatic N) is 1. The molecular weight excluding hydrogens is 428 g/mol. The zero-order chi connectivity index (χ0) is 23.1. The molecule has 2 aromatic rings. The van der Waals surface area contributed by atoms with Crippen molar-refractivity contribution in [2.75, 3.05) is 19.8 Å². The number of hydrogen-bond donors (Lipinski definition) is 1. The first-order valence-corrected chi connectivity index (χ1v) is 11.4. The van der Waals surface area contributed by atoms with Crippen LogP contribution in [0.5, 0.6) is 11.5 Å². The molecule has 7 heteroatoms. The van der Waals surface area contributed by atoms with Gasteiger partial charge in [0.2, 0.25) is 11.8 Å². The van der Waals surface area contributed by atoms with Crippen LogP contribution in [0.1, 0.15) is 38.3 Å². The van der Waals surface area contributed by atoms with E-state index < -0.39 is 6.04 Å². The summed E-state index contributed by atoms with van der Waals surface area (Å²) in [7, 11) is 0. The Morgan fingerprint density at radius 2 is 1.78 bits per heavy atom. The second-order valence-corrected chi connectivity index (χ2v) is 8.88. The van der Waals surface area contributed by atoms with Gasteiger partial charge in [-0.15, -0.1) is 0 Å². The Balaban J connectivity index is 1.70. The Morgan fingerprint density at radius 1 is 1.03 bits per heavy atom. The summed E-state index contributed by atoms with van der Waals surface area (Å²) in [5.74, 6) is 1.52. The number of aryl methyl sites for hydroxylation is 1. The first-order valence-electron chi connectivity index (χ1n) is 11.0. The molecule has 2 aromatic carbocycles. The molecule has 1 aliphatic rings. The fourth-order valence-electron chi connectivity index (χ4n) is 3.51. The number of nitrogens with one attached hydrogen (secondary N) is 1. The molecule has 6 nitrogen and oxygen atoms in total. The second kappa shape index (κ2) is 11.2. The molecule has 3 rings (SSSR count). The average molecular weight is 459 g/mol. The molecule has 32 heavy (non-hydrogen) atoms. The lowest BCUT2D eigenvalue weighted by Gasteiger charge is -2.29. The van der Waals surface area contributed by atoms with Gasteiger partial charge >= 0.3 is 0 Å². The van der Waals surface area contributed by atoms with Crippen LogP contribution in [0.4, 0.5) is 0 Å². The highest BCUT2D eigenvalue weighted by Gasteiger charge is 2.26. The van der Waals surface area contributed by atoms with Gasteiger partial charge in [0.15, 0.2) is 11.5 Å². The third-order valence-corrected chi connectivity index (χ3v) is 5.56. The van der Waals surface area contributed by atoms with E-state index in [4.69, 9.17) is 21.1 Å². The van der Waals surface area contributed by atoms with Crippen LogP contribution >= 0.6 is 11.6 Å². The number of halogens is 1. The molecule has 0 fully saturated rings. The van der Waals surface area contributed by atoms with Gasteiger partial charge in [0.1, 0.15) is 19.3 Å². The van der Waals surface area contributed by atoms with Crippen molar-refractivity contribution in [1.82, 2.24) is 10.2 Å². The summed E-state index contributed by atoms with van der Waals surface area (Å²) in [6.07, 6.45) is 0.823. The van der Waals surface area contributed by atoms with Crippen molar-refractivity contribution in [3.05, 3.63) is 58.6 Å². The number of fused-ring (bicyclic) bond motifs is 1. The minimum absolute atomic E-state index is 0.0907. The van der Waals surface area contributed by atoms with Crippen molar-refractivity contribution >= 4 is 23.4 Å². The summed E-state index contributed by atoms with van der Waals surface area (Å²) in [5.41, 5.74) is 1.87. The van der Waals surface area contributed by atoms with E-state index in [1.807, 2.05) is 50.2 Å². The number of carbonyl (C=O) groups excluding carboxylic acids is 2. The van der Waals surface area contributed by atoms with E-state index in [-0.39, 0.29) is 18.2 Å². The highest BCUT2D eigenvalue weighted by Crippen LogP contribution is 2.31. The highest BCUT2D eigenvalue weighted by atomic mass is 35.5. The molecule has 172 valence electrons. The minimum Gasteiger partial charge on any atom is -0.486 e. The van der Waals surface area contributed by atoms with E-state index in [0.29, 0.717) is 49.4 Å². The Morgan fingerprint density at radius 3 is 2.50 bits per heavy atom. The van der Waals surface area contributed by atoms with E-state index in [2.05, 4.69) is 5.32 Å². The fraction of sp³-hybridized carbons (Fsp3) is 0.440. The summed E-state index contributed by atoms with van der Waals surface area (Å²) < 4.78 is 11.2. The maximum atomic E-state index is 13.2. The van der Waals surface area contributed by atoms with E-state index in [9.17, 15) is 9.59 Å². The standard InChI is InChI=1S/C25H31ClN2O4/c1-17(2)15-27-25(30)18(3)28(16-20-5-4-6-21(26)13-20)24(29)10-8-19-7-9-22-23(14-19)32-12-11-31-22/h4-7,9,13-14,17-18H,8,10-12,15-16H2,1-3H3,(H,27,30)/t18-/m0/s1. The van der Waals surface area contributed by atoms with Gasteiger partial charge in [-0.2, -0.15) is 0 Å². The molecular formula is C25H31ClN2O4. The number of amides is 2. The van der Waals surface area contributed by atoms with Crippen LogP contribution in [0.15, 0.2) is 42.5 Å². The molecule has 0 saturated heterocycles. The number of carbonyl (C=O) groups is 2. The summed E-state index contributed by atoms with van der Waals surface area (Å²) in [6, 6.07) is 12.5. The topological polar surface area (TPSA) is 67.9 Å². The first-order chi connectivity index (χ1) is 15.3. The van der Waals surface area contributed by atoms with Crippen molar-refractivity contribution in [2.24, 2.45) is 5.92 Å². The lowest BCUT2D eigenvalue weighted by molar-refractivity contribution is -0.140. The van der Waals surface area contributed by atoms with E-state index >= 15 is 0 Å². The zero-order valence-corrected chi connectivity index (χ0v) is 19.7. The van der Waals surface area contributed by atoms with Gasteiger partial charge in [0, 0.05) is 24.5 Å². The van der Waals surface area contributed by atoms with Crippen LogP contribution in [0, 0.1) is 5.92 Å². The van der Waals surface area contributed by atoms with Gasteiger partial charge in [-0.1, -0.05) is 43.6 Å². The molecule has 1 aliphatic heterocycles. The van der Waals surface area contributed by atoms with Crippen LogP contribution < -0.4 is 14.8 Å². The van der Waals surface area contributed by atoms with Gasteiger partial charge in [0.05, 0.1) is 0 Å². The molecule has 0 aromatic heterocycles. The lowest BCUT2D eigenvalue weighted by atomic mass is 10.1. The maximum absolute atomic E-state index is 13.2. The van der Waals surface area contributed by atoms with Gasteiger partial charge in [-0.3, -0.25) is 9.59 Å². The molecule has 2 amide bonds. The van der Waals surface area contributed by atoms with Gasteiger partial charge < -0.3 is 19.7 Å². The molecule has 1 N–H and O–H groups in total. The molecule has 1 atom stereocenters. The predicted molar refractivity (Wildman–Crippen MR) is 125 cm³/mol. The Hall–Kier alpha value is -2.73. The number of hydrogen-bond acceptors (Lipinski definition) is 4. The number of ether oxygens (including phenoxy) is 2.